The van der Waals surface area contributed by atoms with Crippen LogP contribution in [-0.2, 0) is 0 Å². The molecule has 0 amide bonds. The average Bonchev–Trinajstić information content (AvgIpc) is 3.88. The lowest BCUT2D eigenvalue weighted by Crippen LogP contribution is -2.03. The summed E-state index contributed by atoms with van der Waals surface area (Å²) in [7, 11) is 0. The second-order valence-corrected chi connectivity index (χ2v) is 13.8. The number of hydrogen-bond donors (Lipinski definition) is 0. The van der Waals surface area contributed by atoms with Crippen LogP contribution in [0.3, 0.4) is 0 Å². The molecule has 5 heteroatoms. The van der Waals surface area contributed by atoms with E-state index in [-0.39, 0.29) is 0 Å². The van der Waals surface area contributed by atoms with Crippen LogP contribution in [0.15, 0.2) is 174 Å². The van der Waals surface area contributed by atoms with Crippen molar-refractivity contribution in [1.29, 1.82) is 0 Å². The first-order valence-corrected chi connectivity index (χ1v) is 17.9. The zero-order valence-electron chi connectivity index (χ0n) is 28.4. The maximum Gasteiger partial charge on any atom is 0.235 e. The molecule has 0 atom stereocenters. The Kier molecular flexibility index (Phi) is 5.71. The fourth-order valence-corrected chi connectivity index (χ4v) is 8.60. The van der Waals surface area contributed by atoms with E-state index in [1.807, 2.05) is 18.2 Å². The number of furan rings is 1. The molecule has 12 aromatic rings. The van der Waals surface area contributed by atoms with Crippen molar-refractivity contribution in [2.75, 3.05) is 0 Å². The van der Waals surface area contributed by atoms with E-state index < -0.39 is 0 Å². The van der Waals surface area contributed by atoms with Gasteiger partial charge < -0.3 is 8.98 Å². The lowest BCUT2D eigenvalue weighted by molar-refractivity contribution is 0.669. The summed E-state index contributed by atoms with van der Waals surface area (Å²) in [5.74, 6) is 0.644. The van der Waals surface area contributed by atoms with Gasteiger partial charge in [-0.05, 0) is 71.4 Å². The largest absolute Gasteiger partial charge is 0.456 e. The van der Waals surface area contributed by atoms with Gasteiger partial charge in [-0.3, -0.25) is 4.57 Å². The van der Waals surface area contributed by atoms with Gasteiger partial charge in [-0.2, -0.15) is 0 Å². The Balaban J connectivity index is 1.09. The van der Waals surface area contributed by atoms with Crippen LogP contribution in [-0.4, -0.2) is 19.1 Å². The number of hydrogen-bond acceptors (Lipinski definition) is 3. The molecule has 0 aliphatic heterocycles. The molecule has 0 fully saturated rings. The summed E-state index contributed by atoms with van der Waals surface area (Å²) in [6.45, 7) is 0. The van der Waals surface area contributed by atoms with Gasteiger partial charge in [0.15, 0.2) is 0 Å². The molecular formula is C48H28N4O. The van der Waals surface area contributed by atoms with Crippen molar-refractivity contribution in [2.24, 2.45) is 0 Å². The van der Waals surface area contributed by atoms with E-state index >= 15 is 0 Å². The molecule has 4 heterocycles. The molecule has 5 nitrogen and oxygen atoms in total. The second-order valence-electron chi connectivity index (χ2n) is 13.8. The number of fused-ring (bicyclic) bond motifs is 12. The SMILES string of the molecule is c1ccc2c(-c3ccc4c(ccc5oc6ccccc6c54)c3)nc(-n3c4ccccc4c4cc(-n5c6ccccc6c6ccccc65)ccc43)nc2c1. The molecule has 8 aromatic carbocycles. The number of benzene rings is 8. The molecule has 53 heavy (non-hydrogen) atoms. The third-order valence-corrected chi connectivity index (χ3v) is 10.9. The summed E-state index contributed by atoms with van der Waals surface area (Å²) in [6, 6.07) is 60.1. The van der Waals surface area contributed by atoms with Crippen molar-refractivity contribution in [1.82, 2.24) is 19.1 Å². The van der Waals surface area contributed by atoms with Crippen LogP contribution in [0.1, 0.15) is 0 Å². The van der Waals surface area contributed by atoms with E-state index in [0.717, 1.165) is 82.4 Å². The predicted molar refractivity (Wildman–Crippen MR) is 218 cm³/mol. The molecule has 0 saturated carbocycles. The van der Waals surface area contributed by atoms with E-state index in [1.54, 1.807) is 0 Å². The molecule has 0 bridgehead atoms. The molecule has 0 aliphatic rings. The fourth-order valence-electron chi connectivity index (χ4n) is 8.60. The van der Waals surface area contributed by atoms with Crippen molar-refractivity contribution >= 4 is 87.2 Å². The van der Waals surface area contributed by atoms with Crippen molar-refractivity contribution in [3.63, 3.8) is 0 Å². The number of aromatic nitrogens is 4. The molecule has 0 N–H and O–H groups in total. The Morgan fingerprint density at radius 1 is 0.396 bits per heavy atom. The molecule has 0 unspecified atom stereocenters. The van der Waals surface area contributed by atoms with Crippen LogP contribution in [0, 0.1) is 0 Å². The van der Waals surface area contributed by atoms with E-state index in [4.69, 9.17) is 14.4 Å². The van der Waals surface area contributed by atoms with Gasteiger partial charge in [0, 0.05) is 49.0 Å². The monoisotopic (exact) mass is 676 g/mol. The highest BCUT2D eigenvalue weighted by atomic mass is 16.3. The first-order valence-electron chi connectivity index (χ1n) is 17.9. The highest BCUT2D eigenvalue weighted by Crippen LogP contribution is 2.39. The highest BCUT2D eigenvalue weighted by molar-refractivity contribution is 6.19. The first kappa shape index (κ1) is 28.5. The minimum atomic E-state index is 0.644. The Morgan fingerprint density at radius 2 is 1.02 bits per heavy atom. The van der Waals surface area contributed by atoms with E-state index in [2.05, 4.69) is 161 Å². The third kappa shape index (κ3) is 4.02. The van der Waals surface area contributed by atoms with Crippen LogP contribution >= 0.6 is 0 Å². The molecule has 0 saturated heterocycles. The maximum atomic E-state index is 6.20. The molecule has 4 aromatic heterocycles. The lowest BCUT2D eigenvalue weighted by Gasteiger charge is -2.13. The van der Waals surface area contributed by atoms with Gasteiger partial charge in [-0.25, -0.2) is 9.97 Å². The third-order valence-electron chi connectivity index (χ3n) is 10.9. The van der Waals surface area contributed by atoms with Crippen LogP contribution in [0.4, 0.5) is 0 Å². The Labute approximate surface area is 302 Å². The van der Waals surface area contributed by atoms with Crippen molar-refractivity contribution in [2.45, 2.75) is 0 Å². The molecule has 12 rings (SSSR count). The van der Waals surface area contributed by atoms with Crippen molar-refractivity contribution in [3.8, 4) is 22.9 Å². The standard InChI is InChI=1S/C48H28N4O/c1-6-16-39-36(14-1)47(30-21-24-32-29(27-30)22-26-45-46(32)37-15-5-10-20-44(37)53-45)50-48(49-39)52-42-19-9-4-13-35(42)38-28-31(23-25-43(38)52)51-40-17-7-2-11-33(40)34-12-3-8-18-41(34)51/h1-28H. The van der Waals surface area contributed by atoms with Gasteiger partial charge in [0.1, 0.15) is 11.2 Å². The quantitative estimate of drug-likeness (QED) is 0.187. The molecule has 0 radical (unpaired) electrons. The van der Waals surface area contributed by atoms with Crippen LogP contribution < -0.4 is 0 Å². The predicted octanol–water partition coefficient (Wildman–Crippen LogP) is 12.5. The topological polar surface area (TPSA) is 48.8 Å². The minimum Gasteiger partial charge on any atom is -0.456 e. The van der Waals surface area contributed by atoms with Gasteiger partial charge in [0.25, 0.3) is 0 Å². The maximum absolute atomic E-state index is 6.20. The fraction of sp³-hybridized carbons (Fsp3) is 0. The van der Waals surface area contributed by atoms with Gasteiger partial charge in [-0.1, -0.05) is 109 Å². The average molecular weight is 677 g/mol. The lowest BCUT2D eigenvalue weighted by atomic mass is 9.99. The smallest absolute Gasteiger partial charge is 0.235 e. The highest BCUT2D eigenvalue weighted by Gasteiger charge is 2.20. The van der Waals surface area contributed by atoms with Crippen molar-refractivity contribution in [3.05, 3.63) is 170 Å². The molecular weight excluding hydrogens is 649 g/mol. The summed E-state index contributed by atoms with van der Waals surface area (Å²) in [6.07, 6.45) is 0. The van der Waals surface area contributed by atoms with Gasteiger partial charge in [-0.15, -0.1) is 0 Å². The molecule has 246 valence electrons. The van der Waals surface area contributed by atoms with E-state index in [9.17, 15) is 0 Å². The van der Waals surface area contributed by atoms with Gasteiger partial charge >= 0.3 is 0 Å². The second kappa shape index (κ2) is 10.6. The number of rotatable bonds is 3. The Morgan fingerprint density at radius 3 is 1.79 bits per heavy atom. The summed E-state index contributed by atoms with van der Waals surface area (Å²) in [5.41, 5.74) is 10.3. The van der Waals surface area contributed by atoms with Crippen molar-refractivity contribution < 1.29 is 4.42 Å². The van der Waals surface area contributed by atoms with E-state index in [1.165, 1.54) is 21.8 Å². The number of para-hydroxylation sites is 5. The number of nitrogens with zero attached hydrogens (tertiary/aromatic N) is 4. The van der Waals surface area contributed by atoms with Crippen LogP contribution in [0.5, 0.6) is 0 Å². The van der Waals surface area contributed by atoms with Gasteiger partial charge in [0.05, 0.1) is 33.3 Å². The zero-order chi connectivity index (χ0) is 34.6. The normalized spacial score (nSPS) is 12.2. The van der Waals surface area contributed by atoms with E-state index in [0.29, 0.717) is 5.95 Å². The Hall–Kier alpha value is -7.24. The summed E-state index contributed by atoms with van der Waals surface area (Å²) in [5, 5.41) is 10.4. The van der Waals surface area contributed by atoms with Crippen LogP contribution in [0.2, 0.25) is 0 Å². The Bertz CT molecular complexity index is 3420. The minimum absolute atomic E-state index is 0.644. The van der Waals surface area contributed by atoms with Crippen LogP contribution in [0.25, 0.3) is 110 Å². The van der Waals surface area contributed by atoms with Gasteiger partial charge in [0.2, 0.25) is 5.95 Å². The first-order chi connectivity index (χ1) is 26.3. The molecule has 0 spiro atoms. The molecule has 0 aliphatic carbocycles. The summed E-state index contributed by atoms with van der Waals surface area (Å²) in [4.78, 5) is 10.6. The zero-order valence-corrected chi connectivity index (χ0v) is 28.4. The summed E-state index contributed by atoms with van der Waals surface area (Å²) >= 11 is 0. The summed E-state index contributed by atoms with van der Waals surface area (Å²) < 4.78 is 10.8.